The van der Waals surface area contributed by atoms with Gasteiger partial charge in [0.1, 0.15) is 0 Å². The van der Waals surface area contributed by atoms with Crippen LogP contribution in [-0.2, 0) is 0 Å². The summed E-state index contributed by atoms with van der Waals surface area (Å²) in [7, 11) is 0. The van der Waals surface area contributed by atoms with Crippen LogP contribution < -0.4 is 4.90 Å². The Hall–Kier alpha value is -0.830. The van der Waals surface area contributed by atoms with Gasteiger partial charge in [0.2, 0.25) is 0 Å². The van der Waals surface area contributed by atoms with E-state index in [-0.39, 0.29) is 0 Å². The van der Waals surface area contributed by atoms with Crippen LogP contribution in [0.15, 0.2) is 22.7 Å². The lowest BCUT2D eigenvalue weighted by molar-refractivity contribution is 0.112. The Bertz CT molecular complexity index is 392. The maximum absolute atomic E-state index is 10.7. The van der Waals surface area contributed by atoms with Crippen molar-refractivity contribution in [1.82, 2.24) is 0 Å². The van der Waals surface area contributed by atoms with E-state index in [9.17, 15) is 4.79 Å². The number of anilines is 1. The molecule has 1 aliphatic heterocycles. The van der Waals surface area contributed by atoms with Crippen LogP contribution in [-0.4, -0.2) is 19.4 Å². The van der Waals surface area contributed by atoms with E-state index >= 15 is 0 Å². The molecule has 1 fully saturated rings. The Balaban J connectivity index is 2.20. The minimum Gasteiger partial charge on any atom is -0.371 e. The summed E-state index contributed by atoms with van der Waals surface area (Å²) in [6.07, 6.45) is 3.46. The highest BCUT2D eigenvalue weighted by Gasteiger charge is 2.17. The molecule has 0 N–H and O–H groups in total. The van der Waals surface area contributed by atoms with Crippen molar-refractivity contribution in [2.75, 3.05) is 18.0 Å². The third kappa shape index (κ3) is 2.46. The third-order valence-corrected chi connectivity index (χ3v) is 3.82. The molecule has 0 amide bonds. The molecule has 1 heterocycles. The second-order valence-corrected chi connectivity index (χ2v) is 5.37. The quantitative estimate of drug-likeness (QED) is 0.774. The molecule has 1 aliphatic rings. The van der Waals surface area contributed by atoms with Gasteiger partial charge < -0.3 is 4.90 Å². The minimum absolute atomic E-state index is 0.716. The number of hydrogen-bond donors (Lipinski definition) is 0. The van der Waals surface area contributed by atoms with Gasteiger partial charge in [0.25, 0.3) is 0 Å². The maximum atomic E-state index is 10.7. The molecule has 1 atom stereocenters. The van der Waals surface area contributed by atoms with Gasteiger partial charge in [-0.15, -0.1) is 0 Å². The lowest BCUT2D eigenvalue weighted by atomic mass is 9.99. The average Bonchev–Trinajstić information content (AvgIpc) is 2.29. The maximum Gasteiger partial charge on any atom is 0.151 e. The summed E-state index contributed by atoms with van der Waals surface area (Å²) in [5.41, 5.74) is 1.93. The number of piperidine rings is 1. The molecule has 0 bridgehead atoms. The Kier molecular flexibility index (Phi) is 3.64. The van der Waals surface area contributed by atoms with Crippen LogP contribution in [0, 0.1) is 5.92 Å². The van der Waals surface area contributed by atoms with Gasteiger partial charge in [-0.1, -0.05) is 6.92 Å². The fourth-order valence-corrected chi connectivity index (χ4v) is 2.69. The van der Waals surface area contributed by atoms with Gasteiger partial charge in [0.05, 0.1) is 0 Å². The molecule has 3 heteroatoms. The summed E-state index contributed by atoms with van der Waals surface area (Å²) < 4.78 is 0.887. The van der Waals surface area contributed by atoms with E-state index in [2.05, 4.69) is 27.8 Å². The lowest BCUT2D eigenvalue weighted by Gasteiger charge is -2.33. The molecule has 0 saturated carbocycles. The van der Waals surface area contributed by atoms with Crippen LogP contribution in [0.4, 0.5) is 5.69 Å². The van der Waals surface area contributed by atoms with Gasteiger partial charge >= 0.3 is 0 Å². The Morgan fingerprint density at radius 3 is 2.94 bits per heavy atom. The highest BCUT2D eigenvalue weighted by molar-refractivity contribution is 9.10. The van der Waals surface area contributed by atoms with Gasteiger partial charge in [-0.2, -0.15) is 0 Å². The van der Waals surface area contributed by atoms with E-state index in [4.69, 9.17) is 0 Å². The van der Waals surface area contributed by atoms with Crippen molar-refractivity contribution in [2.24, 2.45) is 5.92 Å². The summed E-state index contributed by atoms with van der Waals surface area (Å²) in [6, 6.07) is 5.96. The standard InChI is InChI=1S/C13H16BrNO/c1-10-3-2-6-15(8-10)12-5-4-11(9-16)13(14)7-12/h4-5,7,9-10H,2-3,6,8H2,1H3. The molecule has 16 heavy (non-hydrogen) atoms. The fourth-order valence-electron chi connectivity index (χ4n) is 2.23. The highest BCUT2D eigenvalue weighted by atomic mass is 79.9. The largest absolute Gasteiger partial charge is 0.371 e. The van der Waals surface area contributed by atoms with Crippen molar-refractivity contribution < 1.29 is 4.79 Å². The summed E-state index contributed by atoms with van der Waals surface area (Å²) in [6.45, 7) is 4.53. The molecule has 2 rings (SSSR count). The first-order chi connectivity index (χ1) is 7.70. The van der Waals surface area contributed by atoms with E-state index < -0.39 is 0 Å². The van der Waals surface area contributed by atoms with Crippen LogP contribution in [0.3, 0.4) is 0 Å². The molecule has 1 saturated heterocycles. The average molecular weight is 282 g/mol. The molecule has 0 aliphatic carbocycles. The normalized spacial score (nSPS) is 20.9. The predicted molar refractivity (Wildman–Crippen MR) is 70.1 cm³/mol. The number of carbonyl (C=O) groups excluding carboxylic acids is 1. The number of nitrogens with zero attached hydrogens (tertiary/aromatic N) is 1. The van der Waals surface area contributed by atoms with E-state index in [1.54, 1.807) is 0 Å². The third-order valence-electron chi connectivity index (χ3n) is 3.13. The van der Waals surface area contributed by atoms with Gasteiger partial charge in [-0.05, 0) is 52.9 Å². The van der Waals surface area contributed by atoms with Crippen molar-refractivity contribution in [3.8, 4) is 0 Å². The molecule has 2 nitrogen and oxygen atoms in total. The second kappa shape index (κ2) is 5.00. The van der Waals surface area contributed by atoms with Gasteiger partial charge in [-0.25, -0.2) is 0 Å². The zero-order valence-corrected chi connectivity index (χ0v) is 11.0. The first-order valence-electron chi connectivity index (χ1n) is 5.70. The van der Waals surface area contributed by atoms with Crippen molar-refractivity contribution in [1.29, 1.82) is 0 Å². The molecular formula is C13H16BrNO. The topological polar surface area (TPSA) is 20.3 Å². The zero-order chi connectivity index (χ0) is 11.5. The molecule has 1 aromatic carbocycles. The molecule has 0 spiro atoms. The Morgan fingerprint density at radius 1 is 1.50 bits per heavy atom. The summed E-state index contributed by atoms with van der Waals surface area (Å²) in [5, 5.41) is 0. The number of halogens is 1. The second-order valence-electron chi connectivity index (χ2n) is 4.52. The SMILES string of the molecule is CC1CCCN(c2ccc(C=O)c(Br)c2)C1. The van der Waals surface area contributed by atoms with Crippen molar-refractivity contribution >= 4 is 27.9 Å². The lowest BCUT2D eigenvalue weighted by Crippen LogP contribution is -2.34. The first-order valence-corrected chi connectivity index (χ1v) is 6.49. The van der Waals surface area contributed by atoms with E-state index in [1.165, 1.54) is 18.5 Å². The van der Waals surface area contributed by atoms with Crippen LogP contribution in [0.1, 0.15) is 30.1 Å². The molecule has 0 aromatic heterocycles. The van der Waals surface area contributed by atoms with Gasteiger partial charge in [-0.3, -0.25) is 4.79 Å². The van der Waals surface area contributed by atoms with Crippen molar-refractivity contribution in [2.45, 2.75) is 19.8 Å². The number of hydrogen-bond acceptors (Lipinski definition) is 2. The highest BCUT2D eigenvalue weighted by Crippen LogP contribution is 2.27. The molecule has 0 radical (unpaired) electrons. The Labute approximate surface area is 105 Å². The number of rotatable bonds is 2. The molecular weight excluding hydrogens is 266 g/mol. The predicted octanol–water partition coefficient (Wildman–Crippen LogP) is 3.50. The number of carbonyl (C=O) groups is 1. The fraction of sp³-hybridized carbons (Fsp3) is 0.462. The van der Waals surface area contributed by atoms with Crippen LogP contribution in [0.2, 0.25) is 0 Å². The van der Waals surface area contributed by atoms with E-state index in [0.717, 1.165) is 29.8 Å². The number of benzene rings is 1. The number of aldehydes is 1. The summed E-state index contributed by atoms with van der Waals surface area (Å²) in [4.78, 5) is 13.1. The van der Waals surface area contributed by atoms with Crippen molar-refractivity contribution in [3.05, 3.63) is 28.2 Å². The van der Waals surface area contributed by atoms with E-state index in [1.807, 2.05) is 18.2 Å². The molecule has 1 unspecified atom stereocenters. The Morgan fingerprint density at radius 2 is 2.31 bits per heavy atom. The van der Waals surface area contributed by atoms with Crippen LogP contribution >= 0.6 is 15.9 Å². The van der Waals surface area contributed by atoms with Crippen LogP contribution in [0.25, 0.3) is 0 Å². The van der Waals surface area contributed by atoms with Gasteiger partial charge in [0, 0.05) is 28.8 Å². The van der Waals surface area contributed by atoms with Gasteiger partial charge in [0.15, 0.2) is 6.29 Å². The van der Waals surface area contributed by atoms with Crippen LogP contribution in [0.5, 0.6) is 0 Å². The minimum atomic E-state index is 0.716. The van der Waals surface area contributed by atoms with Crippen molar-refractivity contribution in [3.63, 3.8) is 0 Å². The summed E-state index contributed by atoms with van der Waals surface area (Å²) in [5.74, 6) is 0.762. The smallest absolute Gasteiger partial charge is 0.151 e. The molecule has 1 aromatic rings. The first kappa shape index (κ1) is 11.6. The molecule has 86 valence electrons. The van der Waals surface area contributed by atoms with E-state index in [0.29, 0.717) is 5.56 Å². The summed E-state index contributed by atoms with van der Waals surface area (Å²) >= 11 is 3.43. The zero-order valence-electron chi connectivity index (χ0n) is 9.45. The monoisotopic (exact) mass is 281 g/mol.